The molecule has 0 radical (unpaired) electrons. The highest BCUT2D eigenvalue weighted by Gasteiger charge is 2.38. The van der Waals surface area contributed by atoms with E-state index >= 15 is 0 Å². The Hall–Kier alpha value is -0.910. The van der Waals surface area contributed by atoms with E-state index in [1.807, 2.05) is 17.9 Å². The van der Waals surface area contributed by atoms with E-state index in [4.69, 9.17) is 4.74 Å². The Morgan fingerprint density at radius 3 is 3.00 bits per heavy atom. The number of aryl methyl sites for hydroxylation is 1. The fraction of sp³-hybridized carbons (Fsp3) is 0.800. The molecule has 5 heteroatoms. The standard InChI is InChI=1S/C15H26N4O/c1-17-6-7-20-13-15(11-17)4-3-5-19(12-15)10-14-8-16-18(2)9-14/h8-9H,3-7,10-13H2,1-2H3/t15-/m1/s1. The lowest BCUT2D eigenvalue weighted by atomic mass is 9.80. The fourth-order valence-corrected chi connectivity index (χ4v) is 3.71. The van der Waals surface area contributed by atoms with E-state index in [-0.39, 0.29) is 0 Å². The van der Waals surface area contributed by atoms with E-state index in [1.165, 1.54) is 24.9 Å². The SMILES string of the molecule is CN1CCOC[C@]2(CCCN(Cc3cnn(C)c3)C2)C1. The van der Waals surface area contributed by atoms with Gasteiger partial charge in [-0.15, -0.1) is 0 Å². The summed E-state index contributed by atoms with van der Waals surface area (Å²) in [5.74, 6) is 0. The Morgan fingerprint density at radius 2 is 2.20 bits per heavy atom. The molecule has 1 atom stereocenters. The first kappa shape index (κ1) is 14.0. The van der Waals surface area contributed by atoms with Gasteiger partial charge >= 0.3 is 0 Å². The highest BCUT2D eigenvalue weighted by Crippen LogP contribution is 2.33. The Bertz CT molecular complexity index is 447. The van der Waals surface area contributed by atoms with Crippen LogP contribution in [-0.2, 0) is 18.3 Å². The molecule has 0 aliphatic carbocycles. The van der Waals surface area contributed by atoms with Crippen LogP contribution in [0.3, 0.4) is 0 Å². The van der Waals surface area contributed by atoms with Crippen molar-refractivity contribution in [2.45, 2.75) is 19.4 Å². The van der Waals surface area contributed by atoms with Crippen LogP contribution in [-0.4, -0.2) is 66.0 Å². The Balaban J connectivity index is 1.66. The van der Waals surface area contributed by atoms with Crippen LogP contribution in [0.2, 0.25) is 0 Å². The largest absolute Gasteiger partial charge is 0.379 e. The topological polar surface area (TPSA) is 33.5 Å². The Labute approximate surface area is 121 Å². The molecule has 0 aromatic carbocycles. The molecule has 1 aromatic heterocycles. The van der Waals surface area contributed by atoms with Crippen molar-refractivity contribution in [2.75, 3.05) is 46.4 Å². The second kappa shape index (κ2) is 5.84. The van der Waals surface area contributed by atoms with Crippen molar-refractivity contribution in [3.8, 4) is 0 Å². The minimum Gasteiger partial charge on any atom is -0.379 e. The van der Waals surface area contributed by atoms with Crippen LogP contribution in [0.4, 0.5) is 0 Å². The summed E-state index contributed by atoms with van der Waals surface area (Å²) < 4.78 is 7.76. The van der Waals surface area contributed by atoms with E-state index in [2.05, 4.69) is 28.1 Å². The maximum absolute atomic E-state index is 5.88. The molecule has 2 aliphatic heterocycles. The van der Waals surface area contributed by atoms with Crippen molar-refractivity contribution in [1.29, 1.82) is 0 Å². The number of rotatable bonds is 2. The van der Waals surface area contributed by atoms with E-state index in [0.29, 0.717) is 5.41 Å². The van der Waals surface area contributed by atoms with Gasteiger partial charge in [-0.1, -0.05) is 0 Å². The summed E-state index contributed by atoms with van der Waals surface area (Å²) in [5.41, 5.74) is 1.64. The molecule has 0 amide bonds. The maximum Gasteiger partial charge on any atom is 0.0593 e. The van der Waals surface area contributed by atoms with Crippen molar-refractivity contribution in [1.82, 2.24) is 19.6 Å². The van der Waals surface area contributed by atoms with Crippen molar-refractivity contribution in [3.63, 3.8) is 0 Å². The van der Waals surface area contributed by atoms with Crippen molar-refractivity contribution in [3.05, 3.63) is 18.0 Å². The molecule has 0 saturated carbocycles. The summed E-state index contributed by atoms with van der Waals surface area (Å²) in [6.45, 7) is 7.37. The first-order valence-electron chi connectivity index (χ1n) is 7.61. The maximum atomic E-state index is 5.88. The lowest BCUT2D eigenvalue weighted by molar-refractivity contribution is 0.00449. The van der Waals surface area contributed by atoms with E-state index in [9.17, 15) is 0 Å². The zero-order valence-electron chi connectivity index (χ0n) is 12.7. The van der Waals surface area contributed by atoms with Gasteiger partial charge in [-0.05, 0) is 26.4 Å². The predicted molar refractivity (Wildman–Crippen MR) is 78.5 cm³/mol. The van der Waals surface area contributed by atoms with Gasteiger partial charge in [-0.3, -0.25) is 9.58 Å². The summed E-state index contributed by atoms with van der Waals surface area (Å²) in [6, 6.07) is 0. The predicted octanol–water partition coefficient (Wildman–Crippen LogP) is 0.964. The van der Waals surface area contributed by atoms with Crippen LogP contribution >= 0.6 is 0 Å². The molecule has 5 nitrogen and oxygen atoms in total. The van der Waals surface area contributed by atoms with E-state index < -0.39 is 0 Å². The van der Waals surface area contributed by atoms with Gasteiger partial charge < -0.3 is 9.64 Å². The summed E-state index contributed by atoms with van der Waals surface area (Å²) in [4.78, 5) is 5.00. The number of hydrogen-bond acceptors (Lipinski definition) is 4. The second-order valence-electron chi connectivity index (χ2n) is 6.63. The first-order valence-corrected chi connectivity index (χ1v) is 7.61. The van der Waals surface area contributed by atoms with Gasteiger partial charge in [0.25, 0.3) is 0 Å². The number of nitrogens with zero attached hydrogens (tertiary/aromatic N) is 4. The van der Waals surface area contributed by atoms with Gasteiger partial charge in [0.1, 0.15) is 0 Å². The molecule has 0 unspecified atom stereocenters. The first-order chi connectivity index (χ1) is 9.65. The van der Waals surface area contributed by atoms with Crippen LogP contribution in [0.5, 0.6) is 0 Å². The Morgan fingerprint density at radius 1 is 1.30 bits per heavy atom. The van der Waals surface area contributed by atoms with Crippen molar-refractivity contribution >= 4 is 0 Å². The van der Waals surface area contributed by atoms with E-state index in [1.54, 1.807) is 0 Å². The summed E-state index contributed by atoms with van der Waals surface area (Å²) >= 11 is 0. The van der Waals surface area contributed by atoms with Gasteiger partial charge in [0.2, 0.25) is 0 Å². The molecule has 2 saturated heterocycles. The smallest absolute Gasteiger partial charge is 0.0593 e. The number of aromatic nitrogens is 2. The number of piperidine rings is 1. The van der Waals surface area contributed by atoms with Crippen molar-refractivity contribution < 1.29 is 4.74 Å². The molecule has 112 valence electrons. The van der Waals surface area contributed by atoms with Crippen LogP contribution in [0.25, 0.3) is 0 Å². The minimum atomic E-state index is 0.325. The van der Waals surface area contributed by atoms with E-state index in [0.717, 1.165) is 39.4 Å². The van der Waals surface area contributed by atoms with Crippen LogP contribution in [0.15, 0.2) is 12.4 Å². The lowest BCUT2D eigenvalue weighted by Gasteiger charge is -2.43. The fourth-order valence-electron chi connectivity index (χ4n) is 3.71. The highest BCUT2D eigenvalue weighted by atomic mass is 16.5. The van der Waals surface area contributed by atoms with Gasteiger partial charge in [-0.2, -0.15) is 5.10 Å². The van der Waals surface area contributed by atoms with Gasteiger partial charge in [0.05, 0.1) is 19.4 Å². The molecule has 20 heavy (non-hydrogen) atoms. The summed E-state index contributed by atoms with van der Waals surface area (Å²) in [5, 5.41) is 4.27. The zero-order valence-corrected chi connectivity index (χ0v) is 12.7. The average molecular weight is 278 g/mol. The Kier molecular flexibility index (Phi) is 4.10. The number of likely N-dealkylation sites (tertiary alicyclic amines) is 1. The third-order valence-electron chi connectivity index (χ3n) is 4.54. The summed E-state index contributed by atoms with van der Waals surface area (Å²) in [6.07, 6.45) is 6.67. The quantitative estimate of drug-likeness (QED) is 0.807. The lowest BCUT2D eigenvalue weighted by Crippen LogP contribution is -2.49. The monoisotopic (exact) mass is 278 g/mol. The molecule has 3 heterocycles. The van der Waals surface area contributed by atoms with Crippen LogP contribution in [0, 0.1) is 5.41 Å². The van der Waals surface area contributed by atoms with Gasteiger partial charge in [0.15, 0.2) is 0 Å². The van der Waals surface area contributed by atoms with Gasteiger partial charge in [0, 0.05) is 50.4 Å². The zero-order chi connectivity index (χ0) is 14.0. The molecule has 2 fully saturated rings. The number of hydrogen-bond donors (Lipinski definition) is 0. The van der Waals surface area contributed by atoms with Crippen molar-refractivity contribution in [2.24, 2.45) is 12.5 Å². The van der Waals surface area contributed by atoms with Gasteiger partial charge in [-0.25, -0.2) is 0 Å². The molecular formula is C15H26N4O. The van der Waals surface area contributed by atoms with Crippen LogP contribution < -0.4 is 0 Å². The normalized spacial score (nSPS) is 29.7. The number of ether oxygens (including phenoxy) is 1. The number of likely N-dealkylation sites (N-methyl/N-ethyl adjacent to an activating group) is 1. The minimum absolute atomic E-state index is 0.325. The highest BCUT2D eigenvalue weighted by molar-refractivity contribution is 5.04. The third-order valence-corrected chi connectivity index (χ3v) is 4.54. The molecular weight excluding hydrogens is 252 g/mol. The molecule has 3 rings (SSSR count). The van der Waals surface area contributed by atoms with Crippen LogP contribution in [0.1, 0.15) is 18.4 Å². The molecule has 0 N–H and O–H groups in total. The average Bonchev–Trinajstić information content (AvgIpc) is 2.72. The molecule has 1 spiro atoms. The second-order valence-corrected chi connectivity index (χ2v) is 6.63. The molecule has 0 bridgehead atoms. The molecule has 1 aromatic rings. The third kappa shape index (κ3) is 3.22. The summed E-state index contributed by atoms with van der Waals surface area (Å²) in [7, 11) is 4.20. The molecule has 2 aliphatic rings.